The van der Waals surface area contributed by atoms with Crippen LogP contribution >= 0.6 is 0 Å². The molecule has 7 heteroatoms. The van der Waals surface area contributed by atoms with Crippen LogP contribution in [0.1, 0.15) is 48.6 Å². The van der Waals surface area contributed by atoms with Crippen LogP contribution in [0.15, 0.2) is 48.7 Å². The molecule has 156 valence electrons. The van der Waals surface area contributed by atoms with E-state index in [1.807, 2.05) is 30.5 Å². The van der Waals surface area contributed by atoms with Gasteiger partial charge in [0.05, 0.1) is 5.69 Å². The summed E-state index contributed by atoms with van der Waals surface area (Å²) in [7, 11) is 0. The van der Waals surface area contributed by atoms with Crippen LogP contribution in [0.5, 0.6) is 0 Å². The molecule has 0 radical (unpaired) electrons. The third-order valence-corrected chi connectivity index (χ3v) is 5.82. The maximum atomic E-state index is 12.5. The number of imidazole rings is 1. The van der Waals surface area contributed by atoms with Gasteiger partial charge in [-0.3, -0.25) is 0 Å². The largest absolute Gasteiger partial charge is 0.389 e. The molecule has 0 unspecified atom stereocenters. The van der Waals surface area contributed by atoms with Crippen LogP contribution in [-0.4, -0.2) is 28.7 Å². The van der Waals surface area contributed by atoms with Gasteiger partial charge in [0.25, 0.3) is 0 Å². The molecule has 0 bridgehead atoms. The predicted molar refractivity (Wildman–Crippen MR) is 110 cm³/mol. The third-order valence-electron chi connectivity index (χ3n) is 5.82. The number of nitriles is 1. The van der Waals surface area contributed by atoms with Crippen LogP contribution < -0.4 is 4.90 Å². The summed E-state index contributed by atoms with van der Waals surface area (Å²) in [5.74, 6) is 0.558. The molecule has 2 aromatic heterocycles. The van der Waals surface area contributed by atoms with Crippen molar-refractivity contribution in [3.05, 3.63) is 65.6 Å². The number of aromatic nitrogens is 2. The van der Waals surface area contributed by atoms with Gasteiger partial charge < -0.3 is 9.30 Å². The lowest BCUT2D eigenvalue weighted by atomic mass is 9.89. The number of anilines is 1. The topological polar surface area (TPSA) is 44.3 Å². The zero-order valence-corrected chi connectivity index (χ0v) is 16.6. The van der Waals surface area contributed by atoms with E-state index in [1.165, 1.54) is 5.56 Å². The van der Waals surface area contributed by atoms with E-state index in [0.29, 0.717) is 17.3 Å². The summed E-state index contributed by atoms with van der Waals surface area (Å²) in [6.07, 6.45) is -0.978. The molecule has 0 aliphatic carbocycles. The summed E-state index contributed by atoms with van der Waals surface area (Å²) in [5, 5.41) is 9.38. The molecule has 1 aliphatic rings. The molecule has 1 aromatic carbocycles. The number of pyridine rings is 1. The summed E-state index contributed by atoms with van der Waals surface area (Å²) < 4.78 is 39.2. The summed E-state index contributed by atoms with van der Waals surface area (Å²) in [6, 6.07) is 16.5. The lowest BCUT2D eigenvalue weighted by molar-refractivity contribution is -0.135. The van der Waals surface area contributed by atoms with Crippen molar-refractivity contribution >= 4 is 11.3 Å². The van der Waals surface area contributed by atoms with E-state index >= 15 is 0 Å². The van der Waals surface area contributed by atoms with Crippen LogP contribution in [-0.2, 0) is 6.42 Å². The van der Waals surface area contributed by atoms with E-state index in [2.05, 4.69) is 34.1 Å². The molecule has 0 saturated carbocycles. The Morgan fingerprint density at radius 3 is 2.50 bits per heavy atom. The Labute approximate surface area is 173 Å². The molecular weight excluding hydrogens is 389 g/mol. The van der Waals surface area contributed by atoms with Crippen LogP contribution in [0.2, 0.25) is 0 Å². The second kappa shape index (κ2) is 8.39. The van der Waals surface area contributed by atoms with Gasteiger partial charge in [-0.1, -0.05) is 30.3 Å². The number of benzene rings is 1. The molecule has 3 aromatic rings. The first-order valence-electron chi connectivity index (χ1n) is 10.2. The molecular formula is C23H23F3N4. The number of hydrogen-bond donors (Lipinski definition) is 0. The van der Waals surface area contributed by atoms with Crippen molar-refractivity contribution in [3.8, 4) is 6.07 Å². The summed E-state index contributed by atoms with van der Waals surface area (Å²) in [4.78, 5) is 6.67. The molecule has 1 aliphatic heterocycles. The SMILES string of the molecule is N#Cc1nc2cc(N3CCC(c4ccccc4)CC3)ccn2c1CCCC(F)(F)F. The number of rotatable bonds is 5. The Kier molecular flexibility index (Phi) is 5.67. The number of piperidine rings is 1. The highest BCUT2D eigenvalue weighted by Gasteiger charge is 2.27. The molecule has 30 heavy (non-hydrogen) atoms. The van der Waals surface area contributed by atoms with Crippen molar-refractivity contribution < 1.29 is 13.2 Å². The average molecular weight is 412 g/mol. The maximum absolute atomic E-state index is 12.5. The maximum Gasteiger partial charge on any atom is 0.389 e. The molecule has 4 rings (SSSR count). The van der Waals surface area contributed by atoms with E-state index in [1.54, 1.807) is 4.40 Å². The predicted octanol–water partition coefficient (Wildman–Crippen LogP) is 5.47. The van der Waals surface area contributed by atoms with Crippen LogP contribution in [0.3, 0.4) is 0 Å². The van der Waals surface area contributed by atoms with Gasteiger partial charge in [0.15, 0.2) is 5.69 Å². The van der Waals surface area contributed by atoms with Gasteiger partial charge in [0.2, 0.25) is 0 Å². The number of halogens is 3. The highest BCUT2D eigenvalue weighted by molar-refractivity contribution is 5.59. The van der Waals surface area contributed by atoms with Crippen molar-refractivity contribution in [3.63, 3.8) is 0 Å². The van der Waals surface area contributed by atoms with Crippen LogP contribution in [0, 0.1) is 11.3 Å². The van der Waals surface area contributed by atoms with Gasteiger partial charge in [-0.05, 0) is 43.2 Å². The fraction of sp³-hybridized carbons (Fsp3) is 0.391. The van der Waals surface area contributed by atoms with Crippen LogP contribution in [0.25, 0.3) is 5.65 Å². The monoisotopic (exact) mass is 412 g/mol. The van der Waals surface area contributed by atoms with Crippen molar-refractivity contribution in [2.24, 2.45) is 0 Å². The Bertz CT molecular complexity index is 1040. The molecule has 0 N–H and O–H groups in total. The highest BCUT2D eigenvalue weighted by Crippen LogP contribution is 2.31. The fourth-order valence-electron chi connectivity index (χ4n) is 4.26. The van der Waals surface area contributed by atoms with Crippen molar-refractivity contribution in [1.82, 2.24) is 9.38 Å². The number of hydrogen-bond acceptors (Lipinski definition) is 3. The summed E-state index contributed by atoms with van der Waals surface area (Å²) in [5.41, 5.74) is 3.77. The van der Waals surface area contributed by atoms with Gasteiger partial charge in [0, 0.05) is 37.5 Å². The second-order valence-electron chi connectivity index (χ2n) is 7.77. The lowest BCUT2D eigenvalue weighted by Gasteiger charge is -2.33. The Hall–Kier alpha value is -3.01. The molecule has 3 heterocycles. The van der Waals surface area contributed by atoms with E-state index in [0.717, 1.165) is 31.6 Å². The molecule has 1 fully saturated rings. The molecule has 0 spiro atoms. The normalized spacial score (nSPS) is 15.5. The molecule has 4 nitrogen and oxygen atoms in total. The van der Waals surface area contributed by atoms with Gasteiger partial charge >= 0.3 is 6.18 Å². The molecule has 1 saturated heterocycles. The zero-order chi connectivity index (χ0) is 21.1. The summed E-state index contributed by atoms with van der Waals surface area (Å²) in [6.45, 7) is 1.86. The van der Waals surface area contributed by atoms with Gasteiger partial charge in [-0.2, -0.15) is 18.4 Å². The first kappa shape index (κ1) is 20.3. The van der Waals surface area contributed by atoms with Crippen molar-refractivity contribution in [2.45, 2.75) is 44.2 Å². The van der Waals surface area contributed by atoms with Gasteiger partial charge in [-0.25, -0.2) is 4.98 Å². The number of aryl methyl sites for hydroxylation is 1. The minimum Gasteiger partial charge on any atom is -0.371 e. The quantitative estimate of drug-likeness (QED) is 0.558. The smallest absolute Gasteiger partial charge is 0.371 e. The molecule has 0 atom stereocenters. The number of nitrogens with zero attached hydrogens (tertiary/aromatic N) is 4. The van der Waals surface area contributed by atoms with E-state index in [4.69, 9.17) is 0 Å². The number of alkyl halides is 3. The first-order chi connectivity index (χ1) is 14.4. The minimum atomic E-state index is -4.19. The summed E-state index contributed by atoms with van der Waals surface area (Å²) >= 11 is 0. The van der Waals surface area contributed by atoms with Gasteiger partial charge in [0.1, 0.15) is 11.7 Å². The average Bonchev–Trinajstić information content (AvgIpc) is 3.10. The Balaban J connectivity index is 1.48. The minimum absolute atomic E-state index is 0.0548. The lowest BCUT2D eigenvalue weighted by Crippen LogP contribution is -2.32. The van der Waals surface area contributed by atoms with E-state index in [-0.39, 0.29) is 18.5 Å². The first-order valence-corrected chi connectivity index (χ1v) is 10.2. The number of fused-ring (bicyclic) bond motifs is 1. The Morgan fingerprint density at radius 2 is 1.83 bits per heavy atom. The standard InChI is InChI=1S/C23H23F3N4/c24-23(25,26)11-4-7-21-20(16-27)28-22-15-19(10-14-30(21)22)29-12-8-18(9-13-29)17-5-2-1-3-6-17/h1-3,5-6,10,14-15,18H,4,7-9,11-13H2. The van der Waals surface area contributed by atoms with Crippen LogP contribution in [0.4, 0.5) is 18.9 Å². The zero-order valence-electron chi connectivity index (χ0n) is 16.6. The van der Waals surface area contributed by atoms with Gasteiger partial charge in [-0.15, -0.1) is 0 Å². The van der Waals surface area contributed by atoms with E-state index < -0.39 is 12.6 Å². The third kappa shape index (κ3) is 4.43. The second-order valence-corrected chi connectivity index (χ2v) is 7.77. The Morgan fingerprint density at radius 1 is 1.10 bits per heavy atom. The van der Waals surface area contributed by atoms with E-state index in [9.17, 15) is 18.4 Å². The molecule has 0 amide bonds. The fourth-order valence-corrected chi connectivity index (χ4v) is 4.26. The highest BCUT2D eigenvalue weighted by atomic mass is 19.4. The van der Waals surface area contributed by atoms with Crippen molar-refractivity contribution in [2.75, 3.05) is 18.0 Å². The van der Waals surface area contributed by atoms with Crippen molar-refractivity contribution in [1.29, 1.82) is 5.26 Å².